The largest absolute Gasteiger partial charge is 0.383 e. The molecule has 5 nitrogen and oxygen atoms in total. The Morgan fingerprint density at radius 3 is 3.00 bits per heavy atom. The smallest absolute Gasteiger partial charge is 0.194 e. The van der Waals surface area contributed by atoms with Crippen LogP contribution in [0.25, 0.3) is 11.0 Å². The quantitative estimate of drug-likeness (QED) is 0.706. The molecular formula is C9H10N4O. The predicted octanol–water partition coefficient (Wildman–Crippen LogP) is 0.394. The Labute approximate surface area is 80.2 Å². The van der Waals surface area contributed by atoms with Crippen molar-refractivity contribution in [1.82, 2.24) is 14.5 Å². The lowest BCUT2D eigenvalue weighted by molar-refractivity contribution is 0.775. The van der Waals surface area contributed by atoms with Crippen LogP contribution in [0.4, 0.5) is 5.82 Å². The fourth-order valence-electron chi connectivity index (χ4n) is 1.41. The number of pyridine rings is 1. The van der Waals surface area contributed by atoms with E-state index in [4.69, 9.17) is 5.73 Å². The molecule has 2 N–H and O–H groups in total. The Kier molecular flexibility index (Phi) is 1.92. The zero-order chi connectivity index (χ0) is 10.1. The van der Waals surface area contributed by atoms with Gasteiger partial charge in [-0.2, -0.15) is 0 Å². The molecule has 2 aromatic rings. The average Bonchev–Trinajstić information content (AvgIpc) is 2.18. The Balaban J connectivity index is 2.99. The van der Waals surface area contributed by atoms with Crippen molar-refractivity contribution in [1.29, 1.82) is 0 Å². The summed E-state index contributed by atoms with van der Waals surface area (Å²) in [6.45, 7) is 2.72. The van der Waals surface area contributed by atoms with Crippen molar-refractivity contribution < 1.29 is 0 Å². The van der Waals surface area contributed by atoms with E-state index in [0.717, 1.165) is 6.54 Å². The van der Waals surface area contributed by atoms with Gasteiger partial charge in [-0.3, -0.25) is 4.79 Å². The van der Waals surface area contributed by atoms with E-state index in [1.54, 1.807) is 6.20 Å². The van der Waals surface area contributed by atoms with E-state index in [1.165, 1.54) is 12.4 Å². The van der Waals surface area contributed by atoms with E-state index < -0.39 is 0 Å². The first-order valence-corrected chi connectivity index (χ1v) is 4.33. The number of nitrogens with two attached hydrogens (primary N) is 1. The number of hydrogen-bond acceptors (Lipinski definition) is 4. The highest BCUT2D eigenvalue weighted by atomic mass is 16.1. The van der Waals surface area contributed by atoms with Crippen molar-refractivity contribution >= 4 is 16.9 Å². The third-order valence-electron chi connectivity index (χ3n) is 2.12. The van der Waals surface area contributed by atoms with Gasteiger partial charge in [-0.1, -0.05) is 0 Å². The van der Waals surface area contributed by atoms with E-state index in [9.17, 15) is 4.79 Å². The van der Waals surface area contributed by atoms with Crippen molar-refractivity contribution in [2.75, 3.05) is 5.73 Å². The zero-order valence-corrected chi connectivity index (χ0v) is 7.77. The number of rotatable bonds is 1. The van der Waals surface area contributed by atoms with E-state index in [0.29, 0.717) is 11.0 Å². The summed E-state index contributed by atoms with van der Waals surface area (Å²) in [6.07, 6.45) is 3.07. The van der Waals surface area contributed by atoms with Crippen LogP contribution in [0.15, 0.2) is 23.4 Å². The molecule has 0 spiro atoms. The highest BCUT2D eigenvalue weighted by Crippen LogP contribution is 2.10. The Hall–Kier alpha value is -1.91. The maximum absolute atomic E-state index is 11.5. The van der Waals surface area contributed by atoms with Crippen LogP contribution in [0, 0.1) is 0 Å². The van der Waals surface area contributed by atoms with Gasteiger partial charge in [-0.25, -0.2) is 9.97 Å². The number of hydrogen-bond donors (Lipinski definition) is 1. The first-order chi connectivity index (χ1) is 6.74. The third kappa shape index (κ3) is 1.14. The SMILES string of the molecule is CCn1ccc(=O)c2c(N)ncnc21. The maximum atomic E-state index is 11.5. The molecule has 0 bridgehead atoms. The van der Waals surface area contributed by atoms with Crippen molar-refractivity contribution in [3.8, 4) is 0 Å². The van der Waals surface area contributed by atoms with Crippen LogP contribution >= 0.6 is 0 Å². The molecule has 0 aliphatic heterocycles. The summed E-state index contributed by atoms with van der Waals surface area (Å²) in [6, 6.07) is 1.48. The van der Waals surface area contributed by atoms with Gasteiger partial charge in [-0.15, -0.1) is 0 Å². The molecule has 0 aromatic carbocycles. The van der Waals surface area contributed by atoms with Gasteiger partial charge >= 0.3 is 0 Å². The van der Waals surface area contributed by atoms with Crippen LogP contribution in [0.5, 0.6) is 0 Å². The van der Waals surface area contributed by atoms with Crippen LogP contribution in [-0.4, -0.2) is 14.5 Å². The lowest BCUT2D eigenvalue weighted by Gasteiger charge is -2.06. The monoisotopic (exact) mass is 190 g/mol. The number of nitrogens with zero attached hydrogens (tertiary/aromatic N) is 3. The Morgan fingerprint density at radius 1 is 1.50 bits per heavy atom. The molecule has 14 heavy (non-hydrogen) atoms. The second-order valence-corrected chi connectivity index (χ2v) is 2.92. The molecule has 0 radical (unpaired) electrons. The second kappa shape index (κ2) is 3.10. The Bertz CT molecular complexity index is 532. The molecule has 0 atom stereocenters. The van der Waals surface area contributed by atoms with Gasteiger partial charge in [0, 0.05) is 18.8 Å². The first-order valence-electron chi connectivity index (χ1n) is 4.33. The van der Waals surface area contributed by atoms with Gasteiger partial charge in [0.15, 0.2) is 5.43 Å². The van der Waals surface area contributed by atoms with Gasteiger partial charge in [-0.05, 0) is 6.92 Å². The summed E-state index contributed by atoms with van der Waals surface area (Å²) < 4.78 is 1.86. The molecule has 0 amide bonds. The molecule has 2 heterocycles. The van der Waals surface area contributed by atoms with Crippen molar-refractivity contribution in [3.05, 3.63) is 28.8 Å². The molecule has 0 saturated heterocycles. The van der Waals surface area contributed by atoms with Crippen LogP contribution in [0.3, 0.4) is 0 Å². The molecule has 2 rings (SSSR count). The summed E-state index contributed by atoms with van der Waals surface area (Å²) >= 11 is 0. The normalized spacial score (nSPS) is 10.6. The lowest BCUT2D eigenvalue weighted by atomic mass is 10.3. The third-order valence-corrected chi connectivity index (χ3v) is 2.12. The summed E-state index contributed by atoms with van der Waals surface area (Å²) in [4.78, 5) is 19.3. The molecular weight excluding hydrogens is 180 g/mol. The molecule has 0 unspecified atom stereocenters. The minimum atomic E-state index is -0.136. The first kappa shape index (κ1) is 8.68. The van der Waals surface area contributed by atoms with Crippen LogP contribution < -0.4 is 11.2 Å². The van der Waals surface area contributed by atoms with Gasteiger partial charge < -0.3 is 10.3 Å². The number of anilines is 1. The summed E-state index contributed by atoms with van der Waals surface area (Å²) in [5.74, 6) is 0.239. The van der Waals surface area contributed by atoms with Gasteiger partial charge in [0.2, 0.25) is 0 Å². The van der Waals surface area contributed by atoms with Gasteiger partial charge in [0.25, 0.3) is 0 Å². The fraction of sp³-hybridized carbons (Fsp3) is 0.222. The van der Waals surface area contributed by atoms with Crippen molar-refractivity contribution in [3.63, 3.8) is 0 Å². The van der Waals surface area contributed by atoms with Gasteiger partial charge in [0.1, 0.15) is 23.2 Å². The molecule has 5 heteroatoms. The Morgan fingerprint density at radius 2 is 2.29 bits per heavy atom. The highest BCUT2D eigenvalue weighted by molar-refractivity contribution is 5.84. The van der Waals surface area contributed by atoms with E-state index in [1.807, 2.05) is 11.5 Å². The lowest BCUT2D eigenvalue weighted by Crippen LogP contribution is -2.11. The number of aromatic nitrogens is 3. The fourth-order valence-corrected chi connectivity index (χ4v) is 1.41. The average molecular weight is 190 g/mol. The molecule has 2 aromatic heterocycles. The van der Waals surface area contributed by atoms with E-state index in [2.05, 4.69) is 9.97 Å². The van der Waals surface area contributed by atoms with Crippen molar-refractivity contribution in [2.45, 2.75) is 13.5 Å². The van der Waals surface area contributed by atoms with Crippen LogP contribution in [-0.2, 0) is 6.54 Å². The summed E-state index contributed by atoms with van der Waals surface area (Å²) in [5.41, 5.74) is 6.07. The number of nitrogen functional groups attached to an aromatic ring is 1. The molecule has 0 saturated carbocycles. The molecule has 0 aliphatic rings. The minimum Gasteiger partial charge on any atom is -0.383 e. The van der Waals surface area contributed by atoms with Crippen LogP contribution in [0.1, 0.15) is 6.92 Å². The summed E-state index contributed by atoms with van der Waals surface area (Å²) in [7, 11) is 0. The molecule has 0 aliphatic carbocycles. The molecule has 72 valence electrons. The topological polar surface area (TPSA) is 73.8 Å². The van der Waals surface area contributed by atoms with Crippen LogP contribution in [0.2, 0.25) is 0 Å². The van der Waals surface area contributed by atoms with Crippen molar-refractivity contribution in [2.24, 2.45) is 0 Å². The maximum Gasteiger partial charge on any atom is 0.194 e. The molecule has 0 fully saturated rings. The number of aryl methyl sites for hydroxylation is 1. The zero-order valence-electron chi connectivity index (χ0n) is 7.77. The summed E-state index contributed by atoms with van der Waals surface area (Å²) in [5, 5.41) is 0.400. The van der Waals surface area contributed by atoms with Gasteiger partial charge in [0.05, 0.1) is 0 Å². The predicted molar refractivity (Wildman–Crippen MR) is 53.9 cm³/mol. The second-order valence-electron chi connectivity index (χ2n) is 2.92. The van der Waals surface area contributed by atoms with E-state index >= 15 is 0 Å². The number of fused-ring (bicyclic) bond motifs is 1. The standard InChI is InChI=1S/C9H10N4O/c1-2-13-4-3-6(14)7-8(10)11-5-12-9(7)13/h3-5H,2H2,1H3,(H2,10,11,12). The highest BCUT2D eigenvalue weighted by Gasteiger charge is 2.06. The van der Waals surface area contributed by atoms with E-state index in [-0.39, 0.29) is 11.2 Å². The minimum absolute atomic E-state index is 0.136.